The number of aromatic nitrogens is 4. The fourth-order valence-electron chi connectivity index (χ4n) is 3.19. The second-order valence-corrected chi connectivity index (χ2v) is 6.83. The lowest BCUT2D eigenvalue weighted by molar-refractivity contribution is 0.625. The molecule has 2 heterocycles. The zero-order valence-electron chi connectivity index (χ0n) is 15.3. The molecule has 0 aliphatic carbocycles. The first-order valence-corrected chi connectivity index (χ1v) is 9.13. The minimum Gasteiger partial charge on any atom is -0.368 e. The number of nitrogen functional groups attached to an aromatic ring is 1. The molecule has 7 nitrogen and oxygen atoms in total. The maximum atomic E-state index is 13.9. The Bertz CT molecular complexity index is 1280. The maximum absolute atomic E-state index is 13.9. The first kappa shape index (κ1) is 18.8. The fourth-order valence-corrected chi connectivity index (χ4v) is 3.45. The monoisotopic (exact) mass is 410 g/mol. The lowest BCUT2D eigenvalue weighted by Crippen LogP contribution is -2.26. The average Bonchev–Trinajstić information content (AvgIpc) is 2.67. The lowest BCUT2D eigenvalue weighted by Gasteiger charge is -2.21. The summed E-state index contributed by atoms with van der Waals surface area (Å²) < 4.78 is 15.3. The van der Waals surface area contributed by atoms with E-state index in [1.165, 1.54) is 23.0 Å². The topological polar surface area (TPSA) is 98.7 Å². The SMILES string of the molecule is C[C@H](Nc1ncnc(N)n1)c1cc2cccc(Cl)c2c(=O)n1-c1cccc(F)c1. The molecule has 3 N–H and O–H groups in total. The number of nitrogens with one attached hydrogen (secondary N) is 1. The molecule has 29 heavy (non-hydrogen) atoms. The molecule has 0 amide bonds. The molecule has 0 saturated carbocycles. The summed E-state index contributed by atoms with van der Waals surface area (Å²) in [6, 6.07) is 12.4. The van der Waals surface area contributed by atoms with Gasteiger partial charge < -0.3 is 11.1 Å². The van der Waals surface area contributed by atoms with Crippen molar-refractivity contribution in [2.24, 2.45) is 0 Å². The molecule has 0 bridgehead atoms. The number of hydrogen-bond acceptors (Lipinski definition) is 6. The van der Waals surface area contributed by atoms with Crippen LogP contribution >= 0.6 is 11.6 Å². The van der Waals surface area contributed by atoms with Gasteiger partial charge in [-0.15, -0.1) is 0 Å². The predicted molar refractivity (Wildman–Crippen MR) is 111 cm³/mol. The molecular formula is C20H16ClFN6O. The van der Waals surface area contributed by atoms with Gasteiger partial charge in [-0.05, 0) is 42.6 Å². The van der Waals surface area contributed by atoms with Crippen LogP contribution in [0.15, 0.2) is 59.7 Å². The van der Waals surface area contributed by atoms with Crippen molar-refractivity contribution in [3.63, 3.8) is 0 Å². The van der Waals surface area contributed by atoms with Crippen LogP contribution in [0.3, 0.4) is 0 Å². The van der Waals surface area contributed by atoms with Gasteiger partial charge in [0.15, 0.2) is 0 Å². The van der Waals surface area contributed by atoms with Gasteiger partial charge in [-0.25, -0.2) is 14.4 Å². The number of nitrogens with two attached hydrogens (primary N) is 1. The number of rotatable bonds is 4. The van der Waals surface area contributed by atoms with Gasteiger partial charge in [0.05, 0.1) is 22.1 Å². The van der Waals surface area contributed by atoms with Gasteiger partial charge in [-0.3, -0.25) is 9.36 Å². The van der Waals surface area contributed by atoms with Gasteiger partial charge in [0.1, 0.15) is 12.1 Å². The smallest absolute Gasteiger partial charge is 0.264 e. The van der Waals surface area contributed by atoms with Crippen LogP contribution in [0.25, 0.3) is 16.5 Å². The number of nitrogens with zero attached hydrogens (tertiary/aromatic N) is 4. The van der Waals surface area contributed by atoms with Crippen LogP contribution in [0.1, 0.15) is 18.7 Å². The molecular weight excluding hydrogens is 395 g/mol. The summed E-state index contributed by atoms with van der Waals surface area (Å²) in [7, 11) is 0. The lowest BCUT2D eigenvalue weighted by atomic mass is 10.1. The molecule has 0 spiro atoms. The van der Waals surface area contributed by atoms with E-state index in [0.29, 0.717) is 27.2 Å². The Morgan fingerprint density at radius 1 is 1.17 bits per heavy atom. The number of hydrogen-bond donors (Lipinski definition) is 2. The van der Waals surface area contributed by atoms with Crippen molar-refractivity contribution in [3.05, 3.63) is 81.7 Å². The molecule has 2 aromatic heterocycles. The minimum atomic E-state index is -0.453. The van der Waals surface area contributed by atoms with E-state index in [2.05, 4.69) is 20.3 Å². The normalized spacial score (nSPS) is 12.1. The molecule has 2 aromatic carbocycles. The highest BCUT2D eigenvalue weighted by Crippen LogP contribution is 2.26. The van der Waals surface area contributed by atoms with E-state index in [0.717, 1.165) is 0 Å². The van der Waals surface area contributed by atoms with E-state index in [1.807, 2.05) is 13.0 Å². The van der Waals surface area contributed by atoms with Crippen molar-refractivity contribution in [2.45, 2.75) is 13.0 Å². The third-order valence-corrected chi connectivity index (χ3v) is 4.79. The first-order valence-electron chi connectivity index (χ1n) is 8.75. The van der Waals surface area contributed by atoms with Crippen molar-refractivity contribution >= 4 is 34.3 Å². The fraction of sp³-hybridized carbons (Fsp3) is 0.100. The standard InChI is InChI=1S/C20H16ClFN6O/c1-11(26-20-25-10-24-19(23)27-20)16-8-12-4-2-7-15(21)17(12)18(29)28(16)14-6-3-5-13(22)9-14/h2-11H,1H3,(H3,23,24,25,26,27)/t11-/m0/s1. The summed E-state index contributed by atoms with van der Waals surface area (Å²) >= 11 is 6.29. The molecule has 0 unspecified atom stereocenters. The predicted octanol–water partition coefficient (Wildman–Crippen LogP) is 3.72. The van der Waals surface area contributed by atoms with Crippen LogP contribution in [0.5, 0.6) is 0 Å². The number of anilines is 2. The highest BCUT2D eigenvalue weighted by Gasteiger charge is 2.18. The summed E-state index contributed by atoms with van der Waals surface area (Å²) in [6.07, 6.45) is 1.29. The summed E-state index contributed by atoms with van der Waals surface area (Å²) in [5.74, 6) is -0.123. The van der Waals surface area contributed by atoms with E-state index in [4.69, 9.17) is 17.3 Å². The first-order chi connectivity index (χ1) is 13.9. The highest BCUT2D eigenvalue weighted by molar-refractivity contribution is 6.35. The van der Waals surface area contributed by atoms with Gasteiger partial charge in [-0.1, -0.05) is 29.8 Å². The van der Waals surface area contributed by atoms with Crippen molar-refractivity contribution in [2.75, 3.05) is 11.1 Å². The van der Waals surface area contributed by atoms with E-state index < -0.39 is 11.9 Å². The molecule has 4 aromatic rings. The van der Waals surface area contributed by atoms with Gasteiger partial charge in [0.25, 0.3) is 5.56 Å². The number of halogens is 2. The zero-order chi connectivity index (χ0) is 20.5. The molecule has 1 atom stereocenters. The number of pyridine rings is 1. The number of fused-ring (bicyclic) bond motifs is 1. The molecule has 0 fully saturated rings. The molecule has 0 radical (unpaired) electrons. The van der Waals surface area contributed by atoms with E-state index in [9.17, 15) is 9.18 Å². The van der Waals surface area contributed by atoms with Gasteiger partial charge in [-0.2, -0.15) is 4.98 Å². The van der Waals surface area contributed by atoms with Crippen LogP contribution in [-0.2, 0) is 0 Å². The summed E-state index contributed by atoms with van der Waals surface area (Å²) in [5, 5.41) is 4.47. The molecule has 4 rings (SSSR count). The van der Waals surface area contributed by atoms with Crippen molar-refractivity contribution < 1.29 is 4.39 Å². The van der Waals surface area contributed by atoms with Crippen molar-refractivity contribution in [3.8, 4) is 5.69 Å². The van der Waals surface area contributed by atoms with Crippen LogP contribution in [0.2, 0.25) is 5.02 Å². The second-order valence-electron chi connectivity index (χ2n) is 6.43. The number of benzene rings is 2. The Kier molecular flexibility index (Phi) is 4.85. The molecule has 0 aliphatic heterocycles. The van der Waals surface area contributed by atoms with Gasteiger partial charge >= 0.3 is 0 Å². The van der Waals surface area contributed by atoms with Gasteiger partial charge in [0, 0.05) is 5.69 Å². The summed E-state index contributed by atoms with van der Waals surface area (Å²) in [4.78, 5) is 25.2. The van der Waals surface area contributed by atoms with Crippen molar-refractivity contribution in [1.29, 1.82) is 0 Å². The summed E-state index contributed by atoms with van der Waals surface area (Å²) in [5.41, 5.74) is 6.23. The molecule has 146 valence electrons. The highest BCUT2D eigenvalue weighted by atomic mass is 35.5. The third kappa shape index (κ3) is 3.62. The average molecular weight is 411 g/mol. The Hall–Kier alpha value is -3.52. The Balaban J connectivity index is 1.94. The van der Waals surface area contributed by atoms with E-state index in [-0.39, 0.29) is 17.5 Å². The van der Waals surface area contributed by atoms with Crippen LogP contribution in [0.4, 0.5) is 16.3 Å². The second kappa shape index (κ2) is 7.48. The van der Waals surface area contributed by atoms with Crippen molar-refractivity contribution in [1.82, 2.24) is 19.5 Å². The van der Waals surface area contributed by atoms with Gasteiger partial charge in [0.2, 0.25) is 11.9 Å². The molecule has 0 aliphatic rings. The quantitative estimate of drug-likeness (QED) is 0.532. The Morgan fingerprint density at radius 3 is 2.72 bits per heavy atom. The Morgan fingerprint density at radius 2 is 1.97 bits per heavy atom. The largest absolute Gasteiger partial charge is 0.368 e. The minimum absolute atomic E-state index is 0.0718. The maximum Gasteiger partial charge on any atom is 0.264 e. The molecule has 9 heteroatoms. The van der Waals surface area contributed by atoms with E-state index >= 15 is 0 Å². The van der Waals surface area contributed by atoms with Crippen LogP contribution in [-0.4, -0.2) is 19.5 Å². The van der Waals surface area contributed by atoms with Crippen LogP contribution < -0.4 is 16.6 Å². The van der Waals surface area contributed by atoms with Crippen LogP contribution in [0, 0.1) is 5.82 Å². The van der Waals surface area contributed by atoms with E-state index in [1.54, 1.807) is 30.3 Å². The molecule has 0 saturated heterocycles. The zero-order valence-corrected chi connectivity index (χ0v) is 16.1. The summed E-state index contributed by atoms with van der Waals surface area (Å²) in [6.45, 7) is 1.83. The third-order valence-electron chi connectivity index (χ3n) is 4.47. The Labute approximate surface area is 170 Å².